The Kier molecular flexibility index (Phi) is 2.16. The van der Waals surface area contributed by atoms with Gasteiger partial charge in [0.2, 0.25) is 0 Å². The Balaban J connectivity index is 2.35. The monoisotopic (exact) mass is 208 g/mol. The van der Waals surface area contributed by atoms with Crippen molar-refractivity contribution in [3.8, 4) is 12.3 Å². The molecule has 3 rings (SSSR count). The molecule has 0 amide bonds. The van der Waals surface area contributed by atoms with Gasteiger partial charge < -0.3 is 4.74 Å². The first-order valence-corrected chi connectivity index (χ1v) is 5.48. The van der Waals surface area contributed by atoms with E-state index >= 15 is 0 Å². The summed E-state index contributed by atoms with van der Waals surface area (Å²) in [5, 5.41) is 2.45. The molecule has 1 nitrogen and oxygen atoms in total. The van der Waals surface area contributed by atoms with Crippen LogP contribution in [0.15, 0.2) is 36.4 Å². The van der Waals surface area contributed by atoms with Gasteiger partial charge in [-0.3, -0.25) is 0 Å². The molecule has 0 unspecified atom stereocenters. The third kappa shape index (κ3) is 1.31. The van der Waals surface area contributed by atoms with Crippen molar-refractivity contribution in [1.29, 1.82) is 0 Å². The van der Waals surface area contributed by atoms with Gasteiger partial charge in [0.1, 0.15) is 6.10 Å². The summed E-state index contributed by atoms with van der Waals surface area (Å²) in [6.45, 7) is 0.722. The van der Waals surface area contributed by atoms with E-state index in [1.165, 1.54) is 21.9 Å². The van der Waals surface area contributed by atoms with Crippen molar-refractivity contribution in [2.75, 3.05) is 6.61 Å². The fourth-order valence-electron chi connectivity index (χ4n) is 2.37. The number of hydrogen-bond acceptors (Lipinski definition) is 1. The summed E-state index contributed by atoms with van der Waals surface area (Å²) in [5.41, 5.74) is 2.51. The number of ether oxygens (including phenoxy) is 1. The second-order valence-electron chi connectivity index (χ2n) is 4.03. The molecule has 0 fully saturated rings. The Morgan fingerprint density at radius 2 is 2.06 bits per heavy atom. The maximum atomic E-state index is 5.63. The summed E-state index contributed by atoms with van der Waals surface area (Å²) in [5.74, 6) is 2.73. The summed E-state index contributed by atoms with van der Waals surface area (Å²) >= 11 is 0. The first kappa shape index (κ1) is 9.45. The standard InChI is InChI=1S/C15H12O/c1-2-14-15-12(9-10-16-14)8-7-11-5-3-4-6-13(11)15/h1,3-8,14H,9-10H2/t14-/m1/s1. The molecular formula is C15H12O. The molecule has 0 N–H and O–H groups in total. The molecule has 2 aromatic carbocycles. The van der Waals surface area contributed by atoms with Crippen LogP contribution in [-0.2, 0) is 11.2 Å². The third-order valence-electron chi connectivity index (χ3n) is 3.13. The Hall–Kier alpha value is -1.78. The van der Waals surface area contributed by atoms with Crippen LogP contribution in [0.4, 0.5) is 0 Å². The van der Waals surface area contributed by atoms with E-state index < -0.39 is 0 Å². The zero-order valence-corrected chi connectivity index (χ0v) is 8.94. The van der Waals surface area contributed by atoms with Crippen LogP contribution in [0.25, 0.3) is 10.8 Å². The average molecular weight is 208 g/mol. The predicted molar refractivity (Wildman–Crippen MR) is 65.2 cm³/mol. The lowest BCUT2D eigenvalue weighted by atomic mass is 9.92. The molecule has 0 bridgehead atoms. The van der Waals surface area contributed by atoms with Gasteiger partial charge in [-0.15, -0.1) is 6.42 Å². The quantitative estimate of drug-likeness (QED) is 0.604. The van der Waals surface area contributed by atoms with Crippen LogP contribution in [0.5, 0.6) is 0 Å². The van der Waals surface area contributed by atoms with Crippen LogP contribution in [0.1, 0.15) is 17.2 Å². The fraction of sp³-hybridized carbons (Fsp3) is 0.200. The first-order chi connectivity index (χ1) is 7.90. The highest BCUT2D eigenvalue weighted by molar-refractivity contribution is 5.87. The smallest absolute Gasteiger partial charge is 0.144 e. The summed E-state index contributed by atoms with van der Waals surface area (Å²) in [6.07, 6.45) is 6.31. The molecule has 16 heavy (non-hydrogen) atoms. The van der Waals surface area contributed by atoms with Crippen molar-refractivity contribution in [1.82, 2.24) is 0 Å². The van der Waals surface area contributed by atoms with E-state index in [1.54, 1.807) is 0 Å². The Labute approximate surface area is 95.0 Å². The maximum absolute atomic E-state index is 5.63. The third-order valence-corrected chi connectivity index (χ3v) is 3.13. The minimum atomic E-state index is -0.185. The van der Waals surface area contributed by atoms with E-state index in [4.69, 9.17) is 11.2 Å². The Morgan fingerprint density at radius 1 is 1.19 bits per heavy atom. The zero-order valence-electron chi connectivity index (χ0n) is 8.94. The summed E-state index contributed by atoms with van der Waals surface area (Å²) in [6, 6.07) is 12.6. The molecule has 1 aliphatic rings. The predicted octanol–water partition coefficient (Wildman–Crippen LogP) is 3.09. The minimum absolute atomic E-state index is 0.185. The molecular weight excluding hydrogens is 196 g/mol. The Morgan fingerprint density at radius 3 is 2.94 bits per heavy atom. The van der Waals surface area contributed by atoms with Crippen molar-refractivity contribution in [2.24, 2.45) is 0 Å². The van der Waals surface area contributed by atoms with Crippen molar-refractivity contribution in [2.45, 2.75) is 12.5 Å². The molecule has 1 heterocycles. The maximum Gasteiger partial charge on any atom is 0.144 e. The van der Waals surface area contributed by atoms with E-state index in [1.807, 2.05) is 12.1 Å². The molecule has 78 valence electrons. The number of terminal acetylenes is 1. The van der Waals surface area contributed by atoms with Gasteiger partial charge in [-0.2, -0.15) is 0 Å². The lowest BCUT2D eigenvalue weighted by Crippen LogP contribution is -2.15. The van der Waals surface area contributed by atoms with Crippen molar-refractivity contribution >= 4 is 10.8 Å². The van der Waals surface area contributed by atoms with Crippen LogP contribution < -0.4 is 0 Å². The van der Waals surface area contributed by atoms with Gasteiger partial charge >= 0.3 is 0 Å². The van der Waals surface area contributed by atoms with Crippen LogP contribution in [-0.4, -0.2) is 6.61 Å². The minimum Gasteiger partial charge on any atom is -0.360 e. The fourth-order valence-corrected chi connectivity index (χ4v) is 2.37. The molecule has 0 saturated carbocycles. The summed E-state index contributed by atoms with van der Waals surface area (Å²) in [4.78, 5) is 0. The lowest BCUT2D eigenvalue weighted by molar-refractivity contribution is 0.0826. The number of rotatable bonds is 0. The van der Waals surface area contributed by atoms with Gasteiger partial charge in [0.05, 0.1) is 6.61 Å². The summed E-state index contributed by atoms with van der Waals surface area (Å²) in [7, 11) is 0. The molecule has 0 aromatic heterocycles. The second-order valence-corrected chi connectivity index (χ2v) is 4.03. The van der Waals surface area contributed by atoms with Crippen molar-refractivity contribution in [3.05, 3.63) is 47.5 Å². The second kappa shape index (κ2) is 3.66. The van der Waals surface area contributed by atoms with Crippen LogP contribution in [0.2, 0.25) is 0 Å². The van der Waals surface area contributed by atoms with E-state index in [0.29, 0.717) is 0 Å². The summed E-state index contributed by atoms with van der Waals surface area (Å²) < 4.78 is 5.63. The molecule has 0 radical (unpaired) electrons. The zero-order chi connectivity index (χ0) is 11.0. The topological polar surface area (TPSA) is 9.23 Å². The highest BCUT2D eigenvalue weighted by Gasteiger charge is 2.20. The SMILES string of the molecule is C#C[C@H]1OCCc2ccc3ccccc3c21. The van der Waals surface area contributed by atoms with Gasteiger partial charge in [0.25, 0.3) is 0 Å². The highest BCUT2D eigenvalue weighted by atomic mass is 16.5. The average Bonchev–Trinajstić information content (AvgIpc) is 2.37. The van der Waals surface area contributed by atoms with Crippen molar-refractivity contribution < 1.29 is 4.74 Å². The highest BCUT2D eigenvalue weighted by Crippen LogP contribution is 2.33. The lowest BCUT2D eigenvalue weighted by Gasteiger charge is -2.23. The Bertz CT molecular complexity index is 577. The van der Waals surface area contributed by atoms with Gasteiger partial charge in [-0.05, 0) is 22.8 Å². The van der Waals surface area contributed by atoms with Crippen molar-refractivity contribution in [3.63, 3.8) is 0 Å². The number of fused-ring (bicyclic) bond motifs is 3. The number of benzene rings is 2. The normalized spacial score (nSPS) is 19.1. The molecule has 1 heteroatoms. The van der Waals surface area contributed by atoms with Gasteiger partial charge in [-0.25, -0.2) is 0 Å². The van der Waals surface area contributed by atoms with E-state index in [0.717, 1.165) is 13.0 Å². The van der Waals surface area contributed by atoms with Crippen LogP contribution in [0.3, 0.4) is 0 Å². The van der Waals surface area contributed by atoms with Crippen LogP contribution >= 0.6 is 0 Å². The molecule has 0 saturated heterocycles. The number of hydrogen-bond donors (Lipinski definition) is 0. The molecule has 0 spiro atoms. The van der Waals surface area contributed by atoms with E-state index in [9.17, 15) is 0 Å². The molecule has 1 atom stereocenters. The van der Waals surface area contributed by atoms with Crippen LogP contribution in [0, 0.1) is 12.3 Å². The van der Waals surface area contributed by atoms with E-state index in [2.05, 4.69) is 30.2 Å². The first-order valence-electron chi connectivity index (χ1n) is 5.48. The van der Waals surface area contributed by atoms with E-state index in [-0.39, 0.29) is 6.10 Å². The van der Waals surface area contributed by atoms with Gasteiger partial charge in [0, 0.05) is 5.56 Å². The molecule has 1 aliphatic heterocycles. The van der Waals surface area contributed by atoms with Gasteiger partial charge in [0.15, 0.2) is 0 Å². The largest absolute Gasteiger partial charge is 0.360 e. The molecule has 2 aromatic rings. The van der Waals surface area contributed by atoms with Gasteiger partial charge in [-0.1, -0.05) is 42.3 Å². The molecule has 0 aliphatic carbocycles.